The van der Waals surface area contributed by atoms with Gasteiger partial charge in [0.15, 0.2) is 11.5 Å². The first-order chi connectivity index (χ1) is 19.2. The molecule has 6 heteroatoms. The van der Waals surface area contributed by atoms with Gasteiger partial charge in [0, 0.05) is 50.9 Å². The molecule has 188 valence electrons. The van der Waals surface area contributed by atoms with Gasteiger partial charge in [-0.2, -0.15) is 0 Å². The SMILES string of the molecule is NC1(c2ccc(-c3nc4ccn5c(-c6c[nH]c7ccccc67)nnc5c4cc3-c3ccccc3)cc2)CCC1. The zero-order valence-corrected chi connectivity index (χ0v) is 21.3. The van der Waals surface area contributed by atoms with Crippen molar-refractivity contribution in [3.8, 4) is 33.8 Å². The summed E-state index contributed by atoms with van der Waals surface area (Å²) in [5.41, 5.74) is 15.6. The minimum absolute atomic E-state index is 0.181. The Labute approximate surface area is 225 Å². The van der Waals surface area contributed by atoms with Gasteiger partial charge in [-0.3, -0.25) is 4.40 Å². The van der Waals surface area contributed by atoms with E-state index in [0.29, 0.717) is 0 Å². The number of nitrogens with two attached hydrogens (primary N) is 1. The van der Waals surface area contributed by atoms with Crippen molar-refractivity contribution in [3.63, 3.8) is 0 Å². The molecule has 4 heterocycles. The molecule has 0 bridgehead atoms. The molecule has 1 aliphatic carbocycles. The third-order valence-electron chi connectivity index (χ3n) is 8.26. The highest BCUT2D eigenvalue weighted by atomic mass is 15.2. The van der Waals surface area contributed by atoms with Gasteiger partial charge >= 0.3 is 0 Å². The molecular weight excluding hydrogens is 480 g/mol. The Morgan fingerprint density at radius 1 is 0.769 bits per heavy atom. The fourth-order valence-electron chi connectivity index (χ4n) is 5.90. The van der Waals surface area contributed by atoms with Gasteiger partial charge in [0.05, 0.1) is 11.2 Å². The van der Waals surface area contributed by atoms with Gasteiger partial charge in [0.2, 0.25) is 0 Å². The number of nitrogens with zero attached hydrogens (tertiary/aromatic N) is 4. The quantitative estimate of drug-likeness (QED) is 0.267. The summed E-state index contributed by atoms with van der Waals surface area (Å²) in [6.45, 7) is 0. The van der Waals surface area contributed by atoms with Crippen LogP contribution in [0.4, 0.5) is 0 Å². The van der Waals surface area contributed by atoms with Gasteiger partial charge in [-0.1, -0.05) is 72.8 Å². The molecule has 3 N–H and O–H groups in total. The first-order valence-electron chi connectivity index (χ1n) is 13.4. The van der Waals surface area contributed by atoms with Gasteiger partial charge in [0.1, 0.15) is 0 Å². The van der Waals surface area contributed by atoms with Crippen molar-refractivity contribution in [2.75, 3.05) is 0 Å². The van der Waals surface area contributed by atoms with E-state index >= 15 is 0 Å². The Balaban J connectivity index is 1.32. The maximum Gasteiger partial charge on any atom is 0.170 e. The van der Waals surface area contributed by atoms with Crippen molar-refractivity contribution in [1.29, 1.82) is 0 Å². The van der Waals surface area contributed by atoms with Crippen LogP contribution >= 0.6 is 0 Å². The van der Waals surface area contributed by atoms with Gasteiger partial charge in [0.25, 0.3) is 0 Å². The average molecular weight is 507 g/mol. The maximum atomic E-state index is 6.60. The van der Waals surface area contributed by atoms with Crippen molar-refractivity contribution in [2.45, 2.75) is 24.8 Å². The predicted molar refractivity (Wildman–Crippen MR) is 156 cm³/mol. The van der Waals surface area contributed by atoms with E-state index < -0.39 is 0 Å². The molecule has 4 aromatic heterocycles. The lowest BCUT2D eigenvalue weighted by Gasteiger charge is -2.38. The smallest absolute Gasteiger partial charge is 0.170 e. The van der Waals surface area contributed by atoms with Gasteiger partial charge in [-0.05, 0) is 48.6 Å². The highest BCUT2D eigenvalue weighted by Crippen LogP contribution is 2.40. The Morgan fingerprint density at radius 2 is 1.56 bits per heavy atom. The van der Waals surface area contributed by atoms with Crippen molar-refractivity contribution >= 4 is 27.5 Å². The summed E-state index contributed by atoms with van der Waals surface area (Å²) in [5.74, 6) is 0.803. The molecule has 3 aromatic carbocycles. The first-order valence-corrected chi connectivity index (χ1v) is 13.4. The molecule has 0 radical (unpaired) electrons. The maximum absolute atomic E-state index is 6.60. The van der Waals surface area contributed by atoms with E-state index in [9.17, 15) is 0 Å². The molecule has 39 heavy (non-hydrogen) atoms. The molecular formula is C33H26N6. The molecule has 0 saturated heterocycles. The minimum Gasteiger partial charge on any atom is -0.360 e. The van der Waals surface area contributed by atoms with E-state index in [1.54, 1.807) is 0 Å². The topological polar surface area (TPSA) is 84.9 Å². The highest BCUT2D eigenvalue weighted by Gasteiger charge is 2.34. The number of H-pyrrole nitrogens is 1. The number of hydrogen-bond acceptors (Lipinski definition) is 4. The standard InChI is InChI=1S/C33H26N6/c34-33(16-6-17-33)23-13-11-22(12-14-23)30-25(21-7-2-1-3-8-21)19-26-29(36-30)15-18-39-31(26)37-38-32(39)27-20-35-28-10-5-4-9-24(27)28/h1-5,7-15,18-20,35H,6,16-17,34H2. The van der Waals surface area contributed by atoms with E-state index in [0.717, 1.165) is 74.1 Å². The monoisotopic (exact) mass is 506 g/mol. The van der Waals surface area contributed by atoms with E-state index in [-0.39, 0.29) is 5.54 Å². The fourth-order valence-corrected chi connectivity index (χ4v) is 5.90. The number of nitrogens with one attached hydrogen (secondary N) is 1. The highest BCUT2D eigenvalue weighted by molar-refractivity contribution is 6.00. The molecule has 0 spiro atoms. The number of benzene rings is 3. The van der Waals surface area contributed by atoms with Crippen LogP contribution in [0.1, 0.15) is 24.8 Å². The number of fused-ring (bicyclic) bond motifs is 4. The van der Waals surface area contributed by atoms with Gasteiger partial charge < -0.3 is 10.7 Å². The zero-order chi connectivity index (χ0) is 26.0. The lowest BCUT2D eigenvalue weighted by molar-refractivity contribution is 0.253. The Hall–Kier alpha value is -4.81. The summed E-state index contributed by atoms with van der Waals surface area (Å²) >= 11 is 0. The van der Waals surface area contributed by atoms with Crippen LogP contribution in [-0.4, -0.2) is 24.6 Å². The number of aromatic amines is 1. The number of aromatic nitrogens is 5. The third kappa shape index (κ3) is 3.42. The van der Waals surface area contributed by atoms with E-state index in [2.05, 4.69) is 92.4 Å². The molecule has 0 unspecified atom stereocenters. The lowest BCUT2D eigenvalue weighted by Crippen LogP contribution is -2.43. The normalized spacial score (nSPS) is 14.7. The molecule has 1 aliphatic rings. The van der Waals surface area contributed by atoms with Crippen molar-refractivity contribution in [1.82, 2.24) is 24.6 Å². The summed E-state index contributed by atoms with van der Waals surface area (Å²) < 4.78 is 2.06. The molecule has 0 aliphatic heterocycles. The van der Waals surface area contributed by atoms with Crippen LogP contribution in [0.15, 0.2) is 103 Å². The Bertz CT molecular complexity index is 2000. The van der Waals surface area contributed by atoms with E-state index in [4.69, 9.17) is 10.7 Å². The van der Waals surface area contributed by atoms with Crippen molar-refractivity contribution in [3.05, 3.63) is 109 Å². The molecule has 0 atom stereocenters. The Kier molecular flexibility index (Phi) is 4.75. The minimum atomic E-state index is -0.181. The summed E-state index contributed by atoms with van der Waals surface area (Å²) in [5, 5.41) is 11.4. The van der Waals surface area contributed by atoms with E-state index in [1.165, 1.54) is 12.0 Å². The first kappa shape index (κ1) is 22.2. The Morgan fingerprint density at radius 3 is 2.36 bits per heavy atom. The van der Waals surface area contributed by atoms with Crippen LogP contribution in [0.5, 0.6) is 0 Å². The number of para-hydroxylation sites is 1. The molecule has 1 saturated carbocycles. The van der Waals surface area contributed by atoms with Crippen LogP contribution in [0.2, 0.25) is 0 Å². The second-order valence-electron chi connectivity index (χ2n) is 10.6. The summed E-state index contributed by atoms with van der Waals surface area (Å²) in [7, 11) is 0. The van der Waals surface area contributed by atoms with Crippen LogP contribution < -0.4 is 5.73 Å². The fraction of sp³-hybridized carbons (Fsp3) is 0.121. The van der Waals surface area contributed by atoms with Crippen LogP contribution in [0.25, 0.3) is 61.2 Å². The van der Waals surface area contributed by atoms with E-state index in [1.807, 2.05) is 30.6 Å². The predicted octanol–water partition coefficient (Wildman–Crippen LogP) is 7.10. The zero-order valence-electron chi connectivity index (χ0n) is 21.3. The second-order valence-corrected chi connectivity index (χ2v) is 10.6. The lowest BCUT2D eigenvalue weighted by atomic mass is 9.72. The number of rotatable bonds is 4. The molecule has 1 fully saturated rings. The van der Waals surface area contributed by atoms with Crippen molar-refractivity contribution in [2.24, 2.45) is 5.73 Å². The van der Waals surface area contributed by atoms with Gasteiger partial charge in [-0.25, -0.2) is 4.98 Å². The molecule has 8 rings (SSSR count). The largest absolute Gasteiger partial charge is 0.360 e. The molecule has 0 amide bonds. The molecule has 6 nitrogen and oxygen atoms in total. The second kappa shape index (κ2) is 8.35. The summed E-state index contributed by atoms with van der Waals surface area (Å²) in [4.78, 5) is 8.56. The van der Waals surface area contributed by atoms with Gasteiger partial charge in [-0.15, -0.1) is 10.2 Å². The van der Waals surface area contributed by atoms with Crippen molar-refractivity contribution < 1.29 is 0 Å². The van der Waals surface area contributed by atoms with Crippen LogP contribution in [0.3, 0.4) is 0 Å². The summed E-state index contributed by atoms with van der Waals surface area (Å²) in [6.07, 6.45) is 7.31. The number of pyridine rings is 2. The number of hydrogen-bond donors (Lipinski definition) is 2. The summed E-state index contributed by atoms with van der Waals surface area (Å²) in [6, 6.07) is 31.6. The molecule has 7 aromatic rings. The average Bonchev–Trinajstić information content (AvgIpc) is 3.60. The van der Waals surface area contributed by atoms with Crippen LogP contribution in [0, 0.1) is 0 Å². The van der Waals surface area contributed by atoms with Crippen LogP contribution in [-0.2, 0) is 5.54 Å². The third-order valence-corrected chi connectivity index (χ3v) is 8.26.